The summed E-state index contributed by atoms with van der Waals surface area (Å²) in [6, 6.07) is 23.9. The van der Waals surface area contributed by atoms with Crippen LogP contribution in [0.4, 0.5) is 4.39 Å². The first-order valence-corrected chi connectivity index (χ1v) is 11.1. The van der Waals surface area contributed by atoms with Gasteiger partial charge in [0.25, 0.3) is 0 Å². The monoisotopic (exact) mass is 457 g/mol. The van der Waals surface area contributed by atoms with E-state index < -0.39 is 0 Å². The highest BCUT2D eigenvalue weighted by Gasteiger charge is 2.17. The molecule has 2 aromatic heterocycles. The second-order valence-electron chi connectivity index (χ2n) is 7.69. The van der Waals surface area contributed by atoms with E-state index in [1.807, 2.05) is 59.1 Å². The van der Waals surface area contributed by atoms with E-state index in [-0.39, 0.29) is 5.82 Å². The number of benzene rings is 3. The predicted molar refractivity (Wildman–Crippen MR) is 129 cm³/mol. The lowest BCUT2D eigenvalue weighted by atomic mass is 10.0. The summed E-state index contributed by atoms with van der Waals surface area (Å²) >= 11 is 5.94. The summed E-state index contributed by atoms with van der Waals surface area (Å²) in [5.41, 5.74) is 6.48. The number of halogens is 2. The van der Waals surface area contributed by atoms with Gasteiger partial charge in [-0.3, -0.25) is 0 Å². The minimum absolute atomic E-state index is 0.264. The molecule has 5 rings (SSSR count). The smallest absolute Gasteiger partial charge is 0.163 e. The van der Waals surface area contributed by atoms with Gasteiger partial charge >= 0.3 is 0 Å². The van der Waals surface area contributed by atoms with Crippen LogP contribution in [-0.2, 0) is 13.0 Å². The molecule has 4 nitrogen and oxygen atoms in total. The van der Waals surface area contributed by atoms with Crippen molar-refractivity contribution < 1.29 is 9.13 Å². The Morgan fingerprint density at radius 1 is 0.879 bits per heavy atom. The first kappa shape index (κ1) is 21.2. The van der Waals surface area contributed by atoms with Gasteiger partial charge in [0.15, 0.2) is 5.65 Å². The van der Waals surface area contributed by atoms with Gasteiger partial charge in [0.1, 0.15) is 18.2 Å². The second-order valence-corrected chi connectivity index (χ2v) is 8.12. The van der Waals surface area contributed by atoms with Crippen molar-refractivity contribution in [1.82, 2.24) is 14.6 Å². The van der Waals surface area contributed by atoms with Gasteiger partial charge in [-0.2, -0.15) is 5.10 Å². The lowest BCUT2D eigenvalue weighted by Gasteiger charge is -2.09. The molecule has 0 unspecified atom stereocenters. The molecule has 0 aliphatic rings. The van der Waals surface area contributed by atoms with Crippen LogP contribution in [0.25, 0.3) is 28.0 Å². The van der Waals surface area contributed by atoms with Crippen molar-refractivity contribution in [2.75, 3.05) is 0 Å². The molecule has 0 N–H and O–H groups in total. The molecule has 0 aliphatic heterocycles. The molecule has 0 saturated heterocycles. The maximum Gasteiger partial charge on any atom is 0.163 e. The zero-order valence-electron chi connectivity index (χ0n) is 18.0. The molecular weight excluding hydrogens is 437 g/mol. The zero-order valence-corrected chi connectivity index (χ0v) is 18.8. The van der Waals surface area contributed by atoms with Crippen molar-refractivity contribution in [2.24, 2.45) is 0 Å². The van der Waals surface area contributed by atoms with Crippen LogP contribution in [0.1, 0.15) is 18.2 Å². The van der Waals surface area contributed by atoms with Gasteiger partial charge in [-0.05, 0) is 72.1 Å². The Kier molecular flexibility index (Phi) is 5.80. The van der Waals surface area contributed by atoms with Crippen molar-refractivity contribution in [3.8, 4) is 28.1 Å². The lowest BCUT2D eigenvalue weighted by Crippen LogP contribution is -1.97. The fourth-order valence-corrected chi connectivity index (χ4v) is 3.96. The van der Waals surface area contributed by atoms with Gasteiger partial charge < -0.3 is 4.74 Å². The van der Waals surface area contributed by atoms with Crippen molar-refractivity contribution >= 4 is 17.2 Å². The van der Waals surface area contributed by atoms with Crippen LogP contribution >= 0.6 is 11.6 Å². The maximum atomic E-state index is 13.5. The van der Waals surface area contributed by atoms with Gasteiger partial charge in [-0.25, -0.2) is 13.9 Å². The van der Waals surface area contributed by atoms with E-state index in [1.54, 1.807) is 18.3 Å². The largest absolute Gasteiger partial charge is 0.489 e. The summed E-state index contributed by atoms with van der Waals surface area (Å²) in [6.07, 6.45) is 2.52. The van der Waals surface area contributed by atoms with Gasteiger partial charge in [0, 0.05) is 22.3 Å². The average Bonchev–Trinajstić information content (AvgIpc) is 3.23. The number of nitrogens with zero attached hydrogens (tertiary/aromatic N) is 3. The van der Waals surface area contributed by atoms with E-state index in [0.717, 1.165) is 51.5 Å². The summed E-state index contributed by atoms with van der Waals surface area (Å²) < 4.78 is 21.2. The Balaban J connectivity index is 1.46. The molecule has 0 spiro atoms. The van der Waals surface area contributed by atoms with E-state index in [4.69, 9.17) is 21.4 Å². The second kappa shape index (κ2) is 9.04. The van der Waals surface area contributed by atoms with E-state index in [0.29, 0.717) is 11.6 Å². The SMILES string of the molecule is CCc1nn2c(-c3ccc(OCc4ccc(Cl)cc4)cc3)ccnc2c1-c1ccc(F)cc1. The topological polar surface area (TPSA) is 39.4 Å². The quantitative estimate of drug-likeness (QED) is 0.275. The van der Waals surface area contributed by atoms with Crippen molar-refractivity contribution in [2.45, 2.75) is 20.0 Å². The Morgan fingerprint density at radius 2 is 1.58 bits per heavy atom. The van der Waals surface area contributed by atoms with Crippen LogP contribution in [0.2, 0.25) is 5.02 Å². The highest BCUT2D eigenvalue weighted by atomic mass is 35.5. The van der Waals surface area contributed by atoms with Crippen LogP contribution in [-0.4, -0.2) is 14.6 Å². The van der Waals surface area contributed by atoms with Gasteiger partial charge in [-0.1, -0.05) is 42.8 Å². The Hall–Kier alpha value is -3.70. The van der Waals surface area contributed by atoms with Crippen molar-refractivity contribution in [3.63, 3.8) is 0 Å². The minimum Gasteiger partial charge on any atom is -0.489 e. The van der Waals surface area contributed by atoms with E-state index >= 15 is 0 Å². The third kappa shape index (κ3) is 4.32. The van der Waals surface area contributed by atoms with Crippen LogP contribution in [0.3, 0.4) is 0 Å². The van der Waals surface area contributed by atoms with Gasteiger partial charge in [-0.15, -0.1) is 0 Å². The van der Waals surface area contributed by atoms with E-state index in [9.17, 15) is 4.39 Å². The van der Waals surface area contributed by atoms with Crippen LogP contribution < -0.4 is 4.74 Å². The highest BCUT2D eigenvalue weighted by molar-refractivity contribution is 6.30. The first-order chi connectivity index (χ1) is 16.1. The van der Waals surface area contributed by atoms with Gasteiger partial charge in [0.2, 0.25) is 0 Å². The fourth-order valence-electron chi connectivity index (χ4n) is 3.84. The lowest BCUT2D eigenvalue weighted by molar-refractivity contribution is 0.306. The number of hydrogen-bond donors (Lipinski definition) is 0. The predicted octanol–water partition coefficient (Wildman–Crippen LogP) is 7.00. The van der Waals surface area contributed by atoms with Gasteiger partial charge in [0.05, 0.1) is 11.4 Å². The molecule has 0 atom stereocenters. The number of rotatable bonds is 6. The molecule has 5 aromatic rings. The summed E-state index contributed by atoms with van der Waals surface area (Å²) in [6.45, 7) is 2.53. The van der Waals surface area contributed by atoms with Crippen molar-refractivity contribution in [3.05, 3.63) is 107 Å². The number of ether oxygens (including phenoxy) is 1. The normalized spacial score (nSPS) is 11.1. The molecular formula is C27H21ClFN3O. The Bertz CT molecular complexity index is 1400. The van der Waals surface area contributed by atoms with E-state index in [2.05, 4.69) is 11.9 Å². The molecule has 6 heteroatoms. The van der Waals surface area contributed by atoms with Crippen molar-refractivity contribution in [1.29, 1.82) is 0 Å². The average molecular weight is 458 g/mol. The summed E-state index contributed by atoms with van der Waals surface area (Å²) in [7, 11) is 0. The molecule has 0 aliphatic carbocycles. The Morgan fingerprint density at radius 3 is 2.27 bits per heavy atom. The number of aromatic nitrogens is 3. The molecule has 2 heterocycles. The number of aryl methyl sites for hydroxylation is 1. The minimum atomic E-state index is -0.264. The van der Waals surface area contributed by atoms with E-state index in [1.165, 1.54) is 12.1 Å². The molecule has 3 aromatic carbocycles. The number of hydrogen-bond acceptors (Lipinski definition) is 3. The summed E-state index contributed by atoms with van der Waals surface area (Å²) in [5, 5.41) is 5.54. The molecule has 0 bridgehead atoms. The summed E-state index contributed by atoms with van der Waals surface area (Å²) in [4.78, 5) is 4.59. The van der Waals surface area contributed by atoms with Crippen LogP contribution in [0.15, 0.2) is 85.1 Å². The molecule has 0 radical (unpaired) electrons. The zero-order chi connectivity index (χ0) is 22.8. The standard InChI is InChI=1S/C27H21ClFN3O/c1-2-24-26(20-5-11-22(29)12-6-20)27-30-16-15-25(32(27)31-24)19-7-13-23(14-8-19)33-17-18-3-9-21(28)10-4-18/h3-16H,2,17H2,1H3. The van der Waals surface area contributed by atoms with Crippen LogP contribution in [0, 0.1) is 5.82 Å². The third-order valence-corrected chi connectivity index (χ3v) is 5.78. The summed E-state index contributed by atoms with van der Waals surface area (Å²) in [5.74, 6) is 0.515. The highest BCUT2D eigenvalue weighted by Crippen LogP contribution is 2.31. The molecule has 164 valence electrons. The first-order valence-electron chi connectivity index (χ1n) is 10.7. The van der Waals surface area contributed by atoms with Crippen LogP contribution in [0.5, 0.6) is 5.75 Å². The third-order valence-electron chi connectivity index (χ3n) is 5.53. The fraction of sp³-hybridized carbons (Fsp3) is 0.111. The molecule has 0 amide bonds. The molecule has 0 saturated carbocycles. The Labute approximate surface area is 196 Å². The molecule has 33 heavy (non-hydrogen) atoms. The number of fused-ring (bicyclic) bond motifs is 1. The molecule has 0 fully saturated rings. The maximum absolute atomic E-state index is 13.5.